The van der Waals surface area contributed by atoms with Crippen molar-refractivity contribution in [3.63, 3.8) is 0 Å². The number of furan rings is 1. The molecule has 1 aromatic heterocycles. The molecule has 0 fully saturated rings. The molecule has 2 nitrogen and oxygen atoms in total. The van der Waals surface area contributed by atoms with Crippen LogP contribution < -0.4 is 4.90 Å². The first-order valence-corrected chi connectivity index (χ1v) is 19.8. The van der Waals surface area contributed by atoms with E-state index in [1.165, 1.54) is 43.8 Å². The topological polar surface area (TPSA) is 16.4 Å². The number of nitrogens with zero attached hydrogens (tertiary/aromatic N) is 1. The Bertz CT molecular complexity index is 3280. The molecule has 0 aliphatic heterocycles. The molecular formula is C56H37NO. The van der Waals surface area contributed by atoms with Crippen molar-refractivity contribution in [2.75, 3.05) is 4.90 Å². The van der Waals surface area contributed by atoms with Crippen molar-refractivity contribution < 1.29 is 4.42 Å². The van der Waals surface area contributed by atoms with Crippen LogP contribution in [-0.4, -0.2) is 0 Å². The molecule has 10 aromatic carbocycles. The Hall–Kier alpha value is -7.68. The number of anilines is 3. The van der Waals surface area contributed by atoms with Crippen molar-refractivity contribution in [3.8, 4) is 44.5 Å². The van der Waals surface area contributed by atoms with Gasteiger partial charge < -0.3 is 9.32 Å². The van der Waals surface area contributed by atoms with E-state index in [9.17, 15) is 0 Å². The van der Waals surface area contributed by atoms with Gasteiger partial charge >= 0.3 is 0 Å². The molecule has 0 atom stereocenters. The monoisotopic (exact) mass is 739 g/mol. The Morgan fingerprint density at radius 2 is 0.879 bits per heavy atom. The molecule has 0 saturated heterocycles. The van der Waals surface area contributed by atoms with Crippen LogP contribution in [0.15, 0.2) is 229 Å². The Balaban J connectivity index is 1.03. The Kier molecular flexibility index (Phi) is 8.19. The molecule has 272 valence electrons. The van der Waals surface area contributed by atoms with E-state index in [0.29, 0.717) is 0 Å². The average Bonchev–Trinajstić information content (AvgIpc) is 3.69. The van der Waals surface area contributed by atoms with Crippen molar-refractivity contribution in [2.45, 2.75) is 0 Å². The highest BCUT2D eigenvalue weighted by atomic mass is 16.3. The van der Waals surface area contributed by atoms with E-state index >= 15 is 0 Å². The van der Waals surface area contributed by atoms with Gasteiger partial charge in [-0.2, -0.15) is 0 Å². The first kappa shape index (κ1) is 33.6. The second-order valence-corrected chi connectivity index (χ2v) is 14.9. The van der Waals surface area contributed by atoms with Crippen molar-refractivity contribution >= 4 is 60.5 Å². The molecule has 0 radical (unpaired) electrons. The number of fused-ring (bicyclic) bond motifs is 5. The number of hydrogen-bond acceptors (Lipinski definition) is 2. The molecule has 0 amide bonds. The fourth-order valence-electron chi connectivity index (χ4n) is 8.65. The second-order valence-electron chi connectivity index (χ2n) is 14.9. The van der Waals surface area contributed by atoms with E-state index in [4.69, 9.17) is 4.42 Å². The molecule has 58 heavy (non-hydrogen) atoms. The summed E-state index contributed by atoms with van der Waals surface area (Å²) >= 11 is 0. The van der Waals surface area contributed by atoms with E-state index < -0.39 is 0 Å². The van der Waals surface area contributed by atoms with Crippen molar-refractivity contribution in [1.29, 1.82) is 0 Å². The fourth-order valence-corrected chi connectivity index (χ4v) is 8.65. The van der Waals surface area contributed by atoms with E-state index in [1.807, 2.05) is 12.1 Å². The summed E-state index contributed by atoms with van der Waals surface area (Å²) in [7, 11) is 0. The molecule has 0 aliphatic rings. The van der Waals surface area contributed by atoms with Crippen molar-refractivity contribution in [3.05, 3.63) is 224 Å². The molecule has 1 heterocycles. The van der Waals surface area contributed by atoms with Gasteiger partial charge in [0, 0.05) is 27.7 Å². The summed E-state index contributed by atoms with van der Waals surface area (Å²) in [4.78, 5) is 2.40. The highest BCUT2D eigenvalue weighted by Gasteiger charge is 2.19. The largest absolute Gasteiger partial charge is 0.456 e. The third-order valence-electron chi connectivity index (χ3n) is 11.5. The molecule has 0 aliphatic carbocycles. The minimum Gasteiger partial charge on any atom is -0.456 e. The van der Waals surface area contributed by atoms with Crippen LogP contribution in [0.1, 0.15) is 0 Å². The molecule has 2 heteroatoms. The summed E-state index contributed by atoms with van der Waals surface area (Å²) in [5, 5.41) is 7.24. The van der Waals surface area contributed by atoms with Gasteiger partial charge in [0.05, 0.1) is 5.69 Å². The SMILES string of the molecule is c1cc(-c2ccc(-c3cccc4ccccc34)cc2)cc(N(c2ccc(-c3cccc4oc5ccccc5c34)cc2)c2ccccc2-c2ccc3ccccc3c2)c1. The highest BCUT2D eigenvalue weighted by molar-refractivity contribution is 6.12. The first-order chi connectivity index (χ1) is 28.7. The third kappa shape index (κ3) is 5.91. The zero-order valence-electron chi connectivity index (χ0n) is 31.7. The molecular weight excluding hydrogens is 703 g/mol. The molecule has 11 rings (SSSR count). The Morgan fingerprint density at radius 1 is 0.293 bits per heavy atom. The maximum atomic E-state index is 6.26. The van der Waals surface area contributed by atoms with Crippen LogP contribution >= 0.6 is 0 Å². The minimum atomic E-state index is 0.899. The van der Waals surface area contributed by atoms with Gasteiger partial charge in [0.15, 0.2) is 0 Å². The summed E-state index contributed by atoms with van der Waals surface area (Å²) in [6.07, 6.45) is 0. The van der Waals surface area contributed by atoms with Crippen LogP contribution in [0.2, 0.25) is 0 Å². The summed E-state index contributed by atoms with van der Waals surface area (Å²) in [6.45, 7) is 0. The number of hydrogen-bond donors (Lipinski definition) is 0. The van der Waals surface area contributed by atoms with E-state index in [2.05, 4.69) is 217 Å². The van der Waals surface area contributed by atoms with Crippen LogP contribution in [0.25, 0.3) is 88.0 Å². The van der Waals surface area contributed by atoms with E-state index in [1.54, 1.807) is 0 Å². The van der Waals surface area contributed by atoms with Gasteiger partial charge in [0.2, 0.25) is 0 Å². The Labute approximate surface area is 337 Å². The van der Waals surface area contributed by atoms with Crippen LogP contribution in [0.3, 0.4) is 0 Å². The smallest absolute Gasteiger partial charge is 0.136 e. The first-order valence-electron chi connectivity index (χ1n) is 19.8. The molecule has 0 unspecified atom stereocenters. The number of benzene rings is 10. The lowest BCUT2D eigenvalue weighted by atomic mass is 9.95. The van der Waals surface area contributed by atoms with Gasteiger partial charge in [-0.05, 0) is 109 Å². The van der Waals surface area contributed by atoms with Crippen LogP contribution in [-0.2, 0) is 0 Å². The third-order valence-corrected chi connectivity index (χ3v) is 11.5. The van der Waals surface area contributed by atoms with Crippen LogP contribution in [0.5, 0.6) is 0 Å². The molecule has 0 saturated carbocycles. The summed E-state index contributed by atoms with van der Waals surface area (Å²) in [6, 6.07) is 80.8. The predicted octanol–water partition coefficient (Wildman–Crippen LogP) is 16.0. The maximum Gasteiger partial charge on any atom is 0.136 e. The lowest BCUT2D eigenvalue weighted by Crippen LogP contribution is -2.11. The van der Waals surface area contributed by atoms with Gasteiger partial charge in [-0.15, -0.1) is 0 Å². The minimum absolute atomic E-state index is 0.899. The second kappa shape index (κ2) is 14.1. The molecule has 0 bridgehead atoms. The van der Waals surface area contributed by atoms with Crippen molar-refractivity contribution in [1.82, 2.24) is 0 Å². The molecule has 0 N–H and O–H groups in total. The predicted molar refractivity (Wildman–Crippen MR) is 245 cm³/mol. The fraction of sp³-hybridized carbons (Fsp3) is 0. The number of rotatable bonds is 7. The summed E-state index contributed by atoms with van der Waals surface area (Å²) < 4.78 is 6.26. The normalized spacial score (nSPS) is 11.4. The molecule has 0 spiro atoms. The van der Waals surface area contributed by atoms with Gasteiger partial charge in [0.25, 0.3) is 0 Å². The van der Waals surface area contributed by atoms with Gasteiger partial charge in [-0.1, -0.05) is 176 Å². The van der Waals surface area contributed by atoms with Crippen LogP contribution in [0.4, 0.5) is 17.1 Å². The molecule has 11 aromatic rings. The number of para-hydroxylation sites is 2. The average molecular weight is 740 g/mol. The highest BCUT2D eigenvalue weighted by Crippen LogP contribution is 2.44. The zero-order chi connectivity index (χ0) is 38.4. The summed E-state index contributed by atoms with van der Waals surface area (Å²) in [5.74, 6) is 0. The lowest BCUT2D eigenvalue weighted by Gasteiger charge is -2.28. The lowest BCUT2D eigenvalue weighted by molar-refractivity contribution is 0.669. The quantitative estimate of drug-likeness (QED) is 0.162. The van der Waals surface area contributed by atoms with E-state index in [0.717, 1.165) is 61.3 Å². The van der Waals surface area contributed by atoms with Crippen LogP contribution in [0, 0.1) is 0 Å². The van der Waals surface area contributed by atoms with E-state index in [-0.39, 0.29) is 0 Å². The Morgan fingerprint density at radius 3 is 1.76 bits per heavy atom. The van der Waals surface area contributed by atoms with Gasteiger partial charge in [0.1, 0.15) is 11.2 Å². The van der Waals surface area contributed by atoms with Gasteiger partial charge in [-0.25, -0.2) is 0 Å². The maximum absolute atomic E-state index is 6.26. The zero-order valence-corrected chi connectivity index (χ0v) is 31.7. The van der Waals surface area contributed by atoms with Gasteiger partial charge in [-0.3, -0.25) is 0 Å². The summed E-state index contributed by atoms with van der Waals surface area (Å²) in [5.41, 5.74) is 14.5. The standard InChI is InChI=1S/C56H37NO/c1-2-14-43-36-45(31-28-38(43)12-1)50-19-5-7-23-53(50)57(46-34-32-42(33-35-46)51-22-11-25-55-56(51)52-20-6-8-24-54(52)58-55)47-17-9-16-44(37-47)39-26-29-41(30-27-39)49-21-10-15-40-13-3-4-18-48(40)49/h1-37H. The van der Waals surface area contributed by atoms with Crippen molar-refractivity contribution in [2.24, 2.45) is 0 Å².